The number of ether oxygens (including phenoxy) is 2. The van der Waals surface area contributed by atoms with E-state index in [9.17, 15) is 9.59 Å². The summed E-state index contributed by atoms with van der Waals surface area (Å²) in [5.74, 6) is -0.232. The molecular formula is C20H24Cl2N2O4. The number of carbonyl (C=O) groups is 2. The van der Waals surface area contributed by atoms with Crippen LogP contribution in [0.4, 0.5) is 0 Å². The van der Waals surface area contributed by atoms with Crippen LogP contribution in [0.25, 0.3) is 0 Å². The van der Waals surface area contributed by atoms with Gasteiger partial charge in [-0.25, -0.2) is 4.79 Å². The first kappa shape index (κ1) is 23.7. The van der Waals surface area contributed by atoms with Crippen LogP contribution in [0.1, 0.15) is 35.3 Å². The van der Waals surface area contributed by atoms with Gasteiger partial charge >= 0.3 is 5.97 Å². The van der Waals surface area contributed by atoms with E-state index in [-0.39, 0.29) is 31.5 Å². The summed E-state index contributed by atoms with van der Waals surface area (Å²) >= 11 is 6.11. The van der Waals surface area contributed by atoms with E-state index in [0.717, 1.165) is 11.1 Å². The number of esters is 1. The quantitative estimate of drug-likeness (QED) is 0.679. The molecule has 1 N–H and O–H groups in total. The zero-order valence-corrected chi connectivity index (χ0v) is 17.8. The molecule has 0 aliphatic carbocycles. The molecule has 28 heavy (non-hydrogen) atoms. The molecule has 0 spiro atoms. The Balaban J connectivity index is 0.00000392. The molecule has 1 aromatic heterocycles. The molecule has 8 heteroatoms. The second-order valence-corrected chi connectivity index (χ2v) is 7.27. The Bertz CT molecular complexity index is 803. The Kier molecular flexibility index (Phi) is 8.72. The average Bonchev–Trinajstić information content (AvgIpc) is 2.63. The minimum Gasteiger partial charge on any atom is -0.482 e. The van der Waals surface area contributed by atoms with Crippen LogP contribution < -0.4 is 10.1 Å². The Hall–Kier alpha value is -2.31. The number of aryl methyl sites for hydroxylation is 2. The van der Waals surface area contributed by atoms with Gasteiger partial charge in [0.05, 0.1) is 5.54 Å². The number of rotatable bonds is 7. The minimum absolute atomic E-state index is 0. The maximum Gasteiger partial charge on any atom is 0.344 e. The van der Waals surface area contributed by atoms with E-state index >= 15 is 0 Å². The monoisotopic (exact) mass is 426 g/mol. The third kappa shape index (κ3) is 7.02. The summed E-state index contributed by atoms with van der Waals surface area (Å²) in [5.41, 5.74) is 1.50. The van der Waals surface area contributed by atoms with Gasteiger partial charge in [-0.05, 0) is 63.1 Å². The molecule has 0 fully saturated rings. The molecule has 6 nitrogen and oxygen atoms in total. The van der Waals surface area contributed by atoms with Crippen LogP contribution in [0.15, 0.2) is 36.7 Å². The highest BCUT2D eigenvalue weighted by Crippen LogP contribution is 2.25. The highest BCUT2D eigenvalue weighted by atomic mass is 35.5. The molecule has 0 aliphatic rings. The number of nitrogens with zero attached hydrogens (tertiary/aromatic N) is 1. The van der Waals surface area contributed by atoms with Gasteiger partial charge in [0.15, 0.2) is 6.61 Å². The zero-order valence-electron chi connectivity index (χ0n) is 16.2. The first-order valence-electron chi connectivity index (χ1n) is 8.46. The number of benzene rings is 1. The lowest BCUT2D eigenvalue weighted by atomic mass is 10.1. The average molecular weight is 427 g/mol. The zero-order chi connectivity index (χ0) is 20.0. The lowest BCUT2D eigenvalue weighted by molar-refractivity contribution is -0.147. The number of halogens is 2. The topological polar surface area (TPSA) is 77.5 Å². The molecule has 0 saturated carbocycles. The van der Waals surface area contributed by atoms with E-state index in [1.807, 2.05) is 13.8 Å². The molecule has 0 saturated heterocycles. The van der Waals surface area contributed by atoms with Crippen molar-refractivity contribution in [2.24, 2.45) is 0 Å². The summed E-state index contributed by atoms with van der Waals surface area (Å²) in [7, 11) is 0. The van der Waals surface area contributed by atoms with Gasteiger partial charge < -0.3 is 14.8 Å². The van der Waals surface area contributed by atoms with Gasteiger partial charge in [-0.1, -0.05) is 11.6 Å². The Morgan fingerprint density at radius 3 is 2.29 bits per heavy atom. The van der Waals surface area contributed by atoms with Crippen LogP contribution in [0, 0.1) is 13.8 Å². The van der Waals surface area contributed by atoms with Gasteiger partial charge in [-0.2, -0.15) is 0 Å². The van der Waals surface area contributed by atoms with Gasteiger partial charge in [0, 0.05) is 23.0 Å². The van der Waals surface area contributed by atoms with Crippen molar-refractivity contribution in [1.82, 2.24) is 10.3 Å². The third-order valence-electron chi connectivity index (χ3n) is 3.76. The van der Waals surface area contributed by atoms with Crippen molar-refractivity contribution in [3.05, 3.63) is 58.4 Å². The molecule has 152 valence electrons. The number of nitrogens with one attached hydrogen (secondary N) is 1. The lowest BCUT2D eigenvalue weighted by Gasteiger charge is -2.25. The number of hydrogen-bond acceptors (Lipinski definition) is 5. The second kappa shape index (κ2) is 10.3. The number of carbonyl (C=O) groups excluding carboxylic acids is 2. The lowest BCUT2D eigenvalue weighted by Crippen LogP contribution is -2.47. The van der Waals surface area contributed by atoms with E-state index < -0.39 is 11.5 Å². The number of aromatic nitrogens is 1. The molecule has 1 amide bonds. The van der Waals surface area contributed by atoms with E-state index in [2.05, 4.69) is 10.3 Å². The van der Waals surface area contributed by atoms with E-state index in [1.165, 1.54) is 0 Å². The molecule has 0 unspecified atom stereocenters. The van der Waals surface area contributed by atoms with Crippen LogP contribution in [0.2, 0.25) is 5.02 Å². The normalized spacial score (nSPS) is 10.6. The largest absolute Gasteiger partial charge is 0.482 e. The van der Waals surface area contributed by atoms with Crippen molar-refractivity contribution in [2.45, 2.75) is 33.2 Å². The Morgan fingerprint density at radius 2 is 1.71 bits per heavy atom. The van der Waals surface area contributed by atoms with Gasteiger partial charge in [0.25, 0.3) is 5.91 Å². The summed E-state index contributed by atoms with van der Waals surface area (Å²) in [5, 5.41) is 3.50. The van der Waals surface area contributed by atoms with Gasteiger partial charge in [0.2, 0.25) is 0 Å². The summed E-state index contributed by atoms with van der Waals surface area (Å²) in [6, 6.07) is 6.76. The molecular weight excluding hydrogens is 403 g/mol. The first-order chi connectivity index (χ1) is 12.7. The van der Waals surface area contributed by atoms with Crippen LogP contribution in [-0.2, 0) is 9.53 Å². The van der Waals surface area contributed by atoms with Crippen LogP contribution >= 0.6 is 24.0 Å². The molecule has 2 aromatic rings. The van der Waals surface area contributed by atoms with E-state index in [4.69, 9.17) is 21.1 Å². The molecule has 0 atom stereocenters. The molecule has 1 aromatic carbocycles. The summed E-state index contributed by atoms with van der Waals surface area (Å²) < 4.78 is 10.7. The minimum atomic E-state index is -0.733. The summed E-state index contributed by atoms with van der Waals surface area (Å²) in [4.78, 5) is 28.0. The van der Waals surface area contributed by atoms with Gasteiger partial charge in [-0.3, -0.25) is 9.78 Å². The molecule has 0 bridgehead atoms. The number of hydrogen-bond donors (Lipinski definition) is 1. The number of pyridine rings is 1. The van der Waals surface area contributed by atoms with E-state index in [1.54, 1.807) is 50.5 Å². The molecule has 1 heterocycles. The van der Waals surface area contributed by atoms with Gasteiger partial charge in [-0.15, -0.1) is 12.4 Å². The molecule has 2 rings (SSSR count). The van der Waals surface area contributed by atoms with Gasteiger partial charge in [0.1, 0.15) is 12.4 Å². The fourth-order valence-electron chi connectivity index (χ4n) is 2.35. The molecule has 0 radical (unpaired) electrons. The first-order valence-corrected chi connectivity index (χ1v) is 8.83. The van der Waals surface area contributed by atoms with Crippen molar-refractivity contribution in [1.29, 1.82) is 0 Å². The van der Waals surface area contributed by atoms with Crippen LogP contribution in [0.5, 0.6) is 5.75 Å². The maximum absolute atomic E-state index is 12.2. The standard InChI is InChI=1S/C20H23ClN2O4.ClH/c1-13-9-16(10-14(2)18(13)21)26-11-17(24)27-12-20(3,4)23-19(25)15-5-7-22-8-6-15;/h5-10H,11-12H2,1-4H3,(H,23,25);1H. The predicted octanol–water partition coefficient (Wildman–Crippen LogP) is 3.90. The maximum atomic E-state index is 12.2. The third-order valence-corrected chi connectivity index (χ3v) is 4.35. The summed E-state index contributed by atoms with van der Waals surface area (Å²) in [6.07, 6.45) is 3.08. The van der Waals surface area contributed by atoms with Crippen LogP contribution in [0.3, 0.4) is 0 Å². The Labute approximate surface area is 176 Å². The fraction of sp³-hybridized carbons (Fsp3) is 0.350. The van der Waals surface area contributed by atoms with Crippen molar-refractivity contribution in [3.8, 4) is 5.75 Å². The Morgan fingerprint density at radius 1 is 1.14 bits per heavy atom. The smallest absolute Gasteiger partial charge is 0.344 e. The second-order valence-electron chi connectivity index (χ2n) is 6.89. The van der Waals surface area contributed by atoms with Crippen molar-refractivity contribution in [2.75, 3.05) is 13.2 Å². The van der Waals surface area contributed by atoms with Crippen molar-refractivity contribution < 1.29 is 19.1 Å². The highest BCUT2D eigenvalue weighted by molar-refractivity contribution is 6.32. The highest BCUT2D eigenvalue weighted by Gasteiger charge is 2.23. The summed E-state index contributed by atoms with van der Waals surface area (Å²) in [6.45, 7) is 7.07. The van der Waals surface area contributed by atoms with Crippen molar-refractivity contribution >= 4 is 35.9 Å². The predicted molar refractivity (Wildman–Crippen MR) is 110 cm³/mol. The number of amides is 1. The fourth-order valence-corrected chi connectivity index (χ4v) is 2.46. The molecule has 0 aliphatic heterocycles. The van der Waals surface area contributed by atoms with Crippen molar-refractivity contribution in [3.63, 3.8) is 0 Å². The van der Waals surface area contributed by atoms with Crippen LogP contribution in [-0.4, -0.2) is 35.6 Å². The SMILES string of the molecule is Cc1cc(OCC(=O)OCC(C)(C)NC(=O)c2ccncc2)cc(C)c1Cl.Cl. The van der Waals surface area contributed by atoms with E-state index in [0.29, 0.717) is 16.3 Å².